The molecule has 0 bridgehead atoms. The van der Waals surface area contributed by atoms with E-state index in [0.717, 1.165) is 13.0 Å². The molecule has 0 aromatic carbocycles. The fourth-order valence-electron chi connectivity index (χ4n) is 2.98. The minimum absolute atomic E-state index is 0.0163. The summed E-state index contributed by atoms with van der Waals surface area (Å²) in [5.41, 5.74) is 0. The normalized spacial score (nSPS) is 22.0. The zero-order chi connectivity index (χ0) is 16.0. The quantitative estimate of drug-likeness (QED) is 0.668. The largest absolute Gasteiger partial charge is 0.481 e. The van der Waals surface area contributed by atoms with Crippen molar-refractivity contribution in [1.29, 1.82) is 0 Å². The molecule has 21 heavy (non-hydrogen) atoms. The first kappa shape index (κ1) is 17.8. The molecular weight excluding hydrogens is 270 g/mol. The summed E-state index contributed by atoms with van der Waals surface area (Å²) in [6.07, 6.45) is 1.93. The molecule has 0 unspecified atom stereocenters. The molecule has 1 fully saturated rings. The highest BCUT2D eigenvalue weighted by molar-refractivity contribution is 5.75. The zero-order valence-corrected chi connectivity index (χ0v) is 13.6. The number of carbonyl (C=O) groups is 2. The molecular formula is C15H29N3O3. The average molecular weight is 299 g/mol. The lowest BCUT2D eigenvalue weighted by atomic mass is 10.1. The Kier molecular flexibility index (Phi) is 6.95. The molecule has 0 radical (unpaired) electrons. The third kappa shape index (κ3) is 5.91. The number of carboxylic acid groups (broad SMARTS) is 1. The van der Waals surface area contributed by atoms with E-state index in [0.29, 0.717) is 31.5 Å². The molecule has 1 rings (SSSR count). The van der Waals surface area contributed by atoms with E-state index in [2.05, 4.69) is 43.2 Å². The molecule has 0 aromatic heterocycles. The van der Waals surface area contributed by atoms with Gasteiger partial charge in [0.2, 0.25) is 0 Å². The number of carbonyl (C=O) groups excluding carboxylic acids is 1. The van der Waals surface area contributed by atoms with Crippen LogP contribution in [-0.4, -0.2) is 53.2 Å². The first-order valence-corrected chi connectivity index (χ1v) is 7.84. The van der Waals surface area contributed by atoms with Crippen molar-refractivity contribution < 1.29 is 14.7 Å². The number of nitrogens with zero attached hydrogens (tertiary/aromatic N) is 1. The molecule has 3 N–H and O–H groups in total. The van der Waals surface area contributed by atoms with Crippen LogP contribution in [0.3, 0.4) is 0 Å². The number of amides is 2. The smallest absolute Gasteiger partial charge is 0.315 e. The number of carboxylic acids is 1. The van der Waals surface area contributed by atoms with E-state index >= 15 is 0 Å². The van der Waals surface area contributed by atoms with Crippen LogP contribution in [-0.2, 0) is 4.79 Å². The molecule has 2 atom stereocenters. The van der Waals surface area contributed by atoms with Gasteiger partial charge in [0.1, 0.15) is 0 Å². The molecule has 122 valence electrons. The summed E-state index contributed by atoms with van der Waals surface area (Å²) in [6, 6.07) is 0.679. The third-order valence-corrected chi connectivity index (χ3v) is 4.10. The highest BCUT2D eigenvalue weighted by Gasteiger charge is 2.30. The first-order chi connectivity index (χ1) is 9.81. The highest BCUT2D eigenvalue weighted by atomic mass is 16.4. The maximum Gasteiger partial charge on any atom is 0.315 e. The van der Waals surface area contributed by atoms with Crippen molar-refractivity contribution in [1.82, 2.24) is 15.5 Å². The summed E-state index contributed by atoms with van der Waals surface area (Å²) in [6.45, 7) is 9.98. The molecule has 1 aliphatic carbocycles. The second-order valence-corrected chi connectivity index (χ2v) is 6.37. The van der Waals surface area contributed by atoms with Gasteiger partial charge in [-0.25, -0.2) is 4.79 Å². The van der Waals surface area contributed by atoms with Gasteiger partial charge in [-0.05, 0) is 47.0 Å². The predicted molar refractivity (Wildman–Crippen MR) is 82.3 cm³/mol. The Morgan fingerprint density at radius 1 is 1.19 bits per heavy atom. The van der Waals surface area contributed by atoms with E-state index < -0.39 is 5.97 Å². The van der Waals surface area contributed by atoms with Crippen LogP contribution in [0.1, 0.15) is 47.0 Å². The number of nitrogens with one attached hydrogen (secondary N) is 2. The molecule has 0 aromatic rings. The number of urea groups is 1. The van der Waals surface area contributed by atoms with Crippen LogP contribution < -0.4 is 10.6 Å². The van der Waals surface area contributed by atoms with Gasteiger partial charge in [-0.15, -0.1) is 0 Å². The van der Waals surface area contributed by atoms with E-state index in [1.165, 1.54) is 0 Å². The van der Waals surface area contributed by atoms with Crippen molar-refractivity contribution in [3.05, 3.63) is 0 Å². The molecule has 1 aliphatic rings. The van der Waals surface area contributed by atoms with Gasteiger partial charge >= 0.3 is 12.0 Å². The summed E-state index contributed by atoms with van der Waals surface area (Å²) >= 11 is 0. The molecule has 1 saturated carbocycles. The van der Waals surface area contributed by atoms with Crippen molar-refractivity contribution in [3.8, 4) is 0 Å². The number of rotatable bonds is 7. The van der Waals surface area contributed by atoms with Crippen molar-refractivity contribution in [2.24, 2.45) is 5.92 Å². The van der Waals surface area contributed by atoms with Crippen molar-refractivity contribution >= 4 is 12.0 Å². The van der Waals surface area contributed by atoms with Crippen LogP contribution in [0.5, 0.6) is 0 Å². The monoisotopic (exact) mass is 299 g/mol. The molecule has 0 aliphatic heterocycles. The Labute approximate surface area is 127 Å². The summed E-state index contributed by atoms with van der Waals surface area (Å²) in [4.78, 5) is 25.0. The van der Waals surface area contributed by atoms with Crippen LogP contribution in [0.25, 0.3) is 0 Å². The van der Waals surface area contributed by atoms with E-state index in [4.69, 9.17) is 5.11 Å². The molecule has 0 spiro atoms. The fraction of sp³-hybridized carbons (Fsp3) is 0.867. The van der Waals surface area contributed by atoms with Crippen LogP contribution >= 0.6 is 0 Å². The first-order valence-electron chi connectivity index (χ1n) is 7.84. The lowest BCUT2D eigenvalue weighted by Crippen LogP contribution is -2.46. The summed E-state index contributed by atoms with van der Waals surface area (Å²) in [5, 5.41) is 14.7. The maximum atomic E-state index is 11.8. The maximum absolute atomic E-state index is 11.8. The average Bonchev–Trinajstić information content (AvgIpc) is 2.82. The van der Waals surface area contributed by atoms with Crippen LogP contribution in [0.4, 0.5) is 4.79 Å². The van der Waals surface area contributed by atoms with E-state index in [-0.39, 0.29) is 18.0 Å². The SMILES string of the molecule is CC(C)N(CCNC(=O)N[C@H]1CC[C@@H](C(=O)O)C1)C(C)C. The summed E-state index contributed by atoms with van der Waals surface area (Å²) in [5.74, 6) is -1.07. The minimum atomic E-state index is -0.760. The van der Waals surface area contributed by atoms with Crippen LogP contribution in [0.15, 0.2) is 0 Å². The molecule has 6 nitrogen and oxygen atoms in total. The van der Waals surface area contributed by atoms with Gasteiger partial charge in [0.15, 0.2) is 0 Å². The summed E-state index contributed by atoms with van der Waals surface area (Å²) < 4.78 is 0. The van der Waals surface area contributed by atoms with E-state index in [1.807, 2.05) is 0 Å². The Morgan fingerprint density at radius 2 is 1.81 bits per heavy atom. The lowest BCUT2D eigenvalue weighted by molar-refractivity contribution is -0.141. The van der Waals surface area contributed by atoms with Gasteiger partial charge in [-0.2, -0.15) is 0 Å². The van der Waals surface area contributed by atoms with E-state index in [9.17, 15) is 9.59 Å². The highest BCUT2D eigenvalue weighted by Crippen LogP contribution is 2.25. The van der Waals surface area contributed by atoms with Crippen LogP contribution in [0, 0.1) is 5.92 Å². The van der Waals surface area contributed by atoms with Crippen LogP contribution in [0.2, 0.25) is 0 Å². The number of aliphatic carboxylic acids is 1. The summed E-state index contributed by atoms with van der Waals surface area (Å²) in [7, 11) is 0. The third-order valence-electron chi connectivity index (χ3n) is 4.10. The van der Waals surface area contributed by atoms with Gasteiger partial charge in [0.05, 0.1) is 5.92 Å². The van der Waals surface area contributed by atoms with Gasteiger partial charge in [-0.1, -0.05) is 0 Å². The van der Waals surface area contributed by atoms with Gasteiger partial charge in [-0.3, -0.25) is 9.69 Å². The van der Waals surface area contributed by atoms with Crippen molar-refractivity contribution in [2.45, 2.75) is 65.1 Å². The Hall–Kier alpha value is -1.30. The zero-order valence-electron chi connectivity index (χ0n) is 13.6. The number of hydrogen-bond donors (Lipinski definition) is 3. The van der Waals surface area contributed by atoms with Gasteiger partial charge < -0.3 is 15.7 Å². The number of hydrogen-bond acceptors (Lipinski definition) is 3. The molecule has 0 heterocycles. The molecule has 0 saturated heterocycles. The predicted octanol–water partition coefficient (Wildman–Crippen LogP) is 1.66. The Bertz CT molecular complexity index is 350. The Balaban J connectivity index is 2.24. The minimum Gasteiger partial charge on any atom is -0.481 e. The van der Waals surface area contributed by atoms with Gasteiger partial charge in [0, 0.05) is 31.2 Å². The Morgan fingerprint density at radius 3 is 2.29 bits per heavy atom. The second-order valence-electron chi connectivity index (χ2n) is 6.37. The lowest BCUT2D eigenvalue weighted by Gasteiger charge is -2.30. The molecule has 6 heteroatoms. The standard InChI is InChI=1S/C15H29N3O3/c1-10(2)18(11(3)4)8-7-16-15(21)17-13-6-5-12(9-13)14(19)20/h10-13H,5-9H2,1-4H3,(H,19,20)(H2,16,17,21)/t12-,13+/m1/s1. The van der Waals surface area contributed by atoms with Gasteiger partial charge in [0.25, 0.3) is 0 Å². The van der Waals surface area contributed by atoms with Crippen molar-refractivity contribution in [2.75, 3.05) is 13.1 Å². The fourth-order valence-corrected chi connectivity index (χ4v) is 2.98. The topological polar surface area (TPSA) is 81.7 Å². The van der Waals surface area contributed by atoms with Crippen molar-refractivity contribution in [3.63, 3.8) is 0 Å². The van der Waals surface area contributed by atoms with E-state index in [1.54, 1.807) is 0 Å². The molecule has 2 amide bonds. The second kappa shape index (κ2) is 8.22.